The van der Waals surface area contributed by atoms with Crippen LogP contribution in [0, 0.1) is 0 Å². The molecule has 1 amide bonds. The Morgan fingerprint density at radius 3 is 2.87 bits per heavy atom. The zero-order chi connectivity index (χ0) is 11.3. The van der Waals surface area contributed by atoms with Crippen LogP contribution in [0.3, 0.4) is 0 Å². The zero-order valence-electron chi connectivity index (χ0n) is 10.3. The smallest absolute Gasteiger partial charge is 0.219 e. The highest BCUT2D eigenvalue weighted by Crippen LogP contribution is 2.17. The van der Waals surface area contributed by atoms with Gasteiger partial charge in [0.15, 0.2) is 0 Å². The van der Waals surface area contributed by atoms with E-state index in [9.17, 15) is 4.79 Å². The predicted octanol–water partition coefficient (Wildman–Crippen LogP) is 1.73. The summed E-state index contributed by atoms with van der Waals surface area (Å²) in [5, 5.41) is 0. The molecule has 0 aromatic carbocycles. The summed E-state index contributed by atoms with van der Waals surface area (Å²) in [5.41, 5.74) is 0. The molecule has 0 N–H and O–H groups in total. The first-order valence-corrected chi connectivity index (χ1v) is 6.11. The molecule has 1 aliphatic rings. The molecule has 15 heavy (non-hydrogen) atoms. The van der Waals surface area contributed by atoms with E-state index < -0.39 is 0 Å². The third-order valence-electron chi connectivity index (χ3n) is 3.20. The number of nitrogens with zero attached hydrogens (tertiary/aromatic N) is 2. The van der Waals surface area contributed by atoms with Gasteiger partial charge in [-0.15, -0.1) is 0 Å². The topological polar surface area (TPSA) is 23.6 Å². The highest BCUT2D eigenvalue weighted by atomic mass is 16.2. The second kappa shape index (κ2) is 6.11. The van der Waals surface area contributed by atoms with E-state index in [1.54, 1.807) is 6.92 Å². The summed E-state index contributed by atoms with van der Waals surface area (Å²) in [6, 6.07) is 0.462. The summed E-state index contributed by atoms with van der Waals surface area (Å²) in [5.74, 6) is 0.237. The monoisotopic (exact) mass is 212 g/mol. The molecule has 1 heterocycles. The Morgan fingerprint density at radius 1 is 1.53 bits per heavy atom. The average Bonchev–Trinajstić information content (AvgIpc) is 2.62. The minimum absolute atomic E-state index is 0.237. The van der Waals surface area contributed by atoms with Crippen LogP contribution in [0.2, 0.25) is 0 Å². The van der Waals surface area contributed by atoms with Crippen LogP contribution >= 0.6 is 0 Å². The van der Waals surface area contributed by atoms with E-state index in [0.717, 1.165) is 19.6 Å². The van der Waals surface area contributed by atoms with Gasteiger partial charge in [-0.2, -0.15) is 0 Å². The fraction of sp³-hybridized carbons (Fsp3) is 0.917. The van der Waals surface area contributed by atoms with Gasteiger partial charge in [0.25, 0.3) is 0 Å². The number of carbonyl (C=O) groups excluding carboxylic acids is 1. The van der Waals surface area contributed by atoms with Crippen molar-refractivity contribution in [1.82, 2.24) is 9.80 Å². The fourth-order valence-electron chi connectivity index (χ4n) is 2.32. The van der Waals surface area contributed by atoms with Crippen LogP contribution in [0.1, 0.15) is 39.5 Å². The number of rotatable bonds is 5. The summed E-state index contributed by atoms with van der Waals surface area (Å²) < 4.78 is 0. The Hall–Kier alpha value is -0.570. The molecule has 88 valence electrons. The van der Waals surface area contributed by atoms with Gasteiger partial charge in [0, 0.05) is 26.1 Å². The molecule has 1 unspecified atom stereocenters. The van der Waals surface area contributed by atoms with E-state index in [0.29, 0.717) is 6.04 Å². The molecule has 0 spiro atoms. The molecule has 0 saturated carbocycles. The maximum absolute atomic E-state index is 11.4. The number of unbranched alkanes of at least 4 members (excludes halogenated alkanes) is 1. The maximum atomic E-state index is 11.4. The standard InChI is InChI=1S/C12H24N2O/c1-4-5-8-13(3)10-12-7-6-9-14(12)11(2)15/h12H,4-10H2,1-3H3. The van der Waals surface area contributed by atoms with Gasteiger partial charge in [-0.25, -0.2) is 0 Å². The lowest BCUT2D eigenvalue weighted by Crippen LogP contribution is -2.41. The van der Waals surface area contributed by atoms with Crippen LogP contribution in [-0.4, -0.2) is 48.4 Å². The highest BCUT2D eigenvalue weighted by Gasteiger charge is 2.26. The predicted molar refractivity (Wildman–Crippen MR) is 62.8 cm³/mol. The minimum Gasteiger partial charge on any atom is -0.339 e. The van der Waals surface area contributed by atoms with Gasteiger partial charge in [-0.1, -0.05) is 13.3 Å². The Labute approximate surface area is 93.4 Å². The molecule has 1 atom stereocenters. The second-order valence-electron chi connectivity index (χ2n) is 4.62. The first kappa shape index (κ1) is 12.5. The largest absolute Gasteiger partial charge is 0.339 e. The SMILES string of the molecule is CCCCN(C)CC1CCCN1C(C)=O. The van der Waals surface area contributed by atoms with Crippen LogP contribution in [-0.2, 0) is 4.79 Å². The van der Waals surface area contributed by atoms with Gasteiger partial charge in [-0.05, 0) is 32.9 Å². The minimum atomic E-state index is 0.237. The van der Waals surface area contributed by atoms with Crippen molar-refractivity contribution in [3.63, 3.8) is 0 Å². The number of amides is 1. The van der Waals surface area contributed by atoms with Gasteiger partial charge in [-0.3, -0.25) is 4.79 Å². The first-order valence-electron chi connectivity index (χ1n) is 6.11. The summed E-state index contributed by atoms with van der Waals surface area (Å²) in [6.07, 6.45) is 4.84. The molecular formula is C12H24N2O. The third kappa shape index (κ3) is 3.82. The van der Waals surface area contributed by atoms with Crippen molar-refractivity contribution in [2.24, 2.45) is 0 Å². The molecule has 0 bridgehead atoms. The van der Waals surface area contributed by atoms with Crippen molar-refractivity contribution in [3.8, 4) is 0 Å². The van der Waals surface area contributed by atoms with E-state index in [-0.39, 0.29) is 5.91 Å². The second-order valence-corrected chi connectivity index (χ2v) is 4.62. The van der Waals surface area contributed by atoms with E-state index in [4.69, 9.17) is 0 Å². The highest BCUT2D eigenvalue weighted by molar-refractivity contribution is 5.73. The van der Waals surface area contributed by atoms with Crippen LogP contribution in [0.15, 0.2) is 0 Å². The van der Waals surface area contributed by atoms with Gasteiger partial charge in [0.05, 0.1) is 0 Å². The van der Waals surface area contributed by atoms with Crippen molar-refractivity contribution in [1.29, 1.82) is 0 Å². The molecule has 1 saturated heterocycles. The number of hydrogen-bond acceptors (Lipinski definition) is 2. The molecule has 1 aliphatic heterocycles. The summed E-state index contributed by atoms with van der Waals surface area (Å²) in [4.78, 5) is 15.7. The van der Waals surface area contributed by atoms with Gasteiger partial charge >= 0.3 is 0 Å². The Morgan fingerprint density at radius 2 is 2.27 bits per heavy atom. The normalized spacial score (nSPS) is 21.3. The Kier molecular flexibility index (Phi) is 5.09. The average molecular weight is 212 g/mol. The van der Waals surface area contributed by atoms with Crippen molar-refractivity contribution < 1.29 is 4.79 Å². The molecule has 0 aliphatic carbocycles. The third-order valence-corrected chi connectivity index (χ3v) is 3.20. The quantitative estimate of drug-likeness (QED) is 0.693. The number of carbonyl (C=O) groups is 1. The molecule has 1 fully saturated rings. The van der Waals surface area contributed by atoms with E-state index in [1.807, 2.05) is 4.90 Å². The molecule has 0 aromatic rings. The lowest BCUT2D eigenvalue weighted by molar-refractivity contribution is -0.129. The lowest BCUT2D eigenvalue weighted by Gasteiger charge is -2.27. The summed E-state index contributed by atoms with van der Waals surface area (Å²) in [7, 11) is 2.16. The van der Waals surface area contributed by atoms with Crippen molar-refractivity contribution in [3.05, 3.63) is 0 Å². The van der Waals surface area contributed by atoms with Gasteiger partial charge < -0.3 is 9.80 Å². The van der Waals surface area contributed by atoms with Crippen LogP contribution in [0.4, 0.5) is 0 Å². The molecule has 3 nitrogen and oxygen atoms in total. The molecule has 0 aromatic heterocycles. The zero-order valence-corrected chi connectivity index (χ0v) is 10.3. The van der Waals surface area contributed by atoms with Crippen molar-refractivity contribution in [2.75, 3.05) is 26.7 Å². The van der Waals surface area contributed by atoms with Crippen molar-refractivity contribution >= 4 is 5.91 Å². The number of likely N-dealkylation sites (tertiary alicyclic amines) is 1. The summed E-state index contributed by atoms with van der Waals surface area (Å²) >= 11 is 0. The van der Waals surface area contributed by atoms with Crippen LogP contribution < -0.4 is 0 Å². The van der Waals surface area contributed by atoms with Crippen LogP contribution in [0.25, 0.3) is 0 Å². The summed E-state index contributed by atoms with van der Waals surface area (Å²) in [6.45, 7) is 7.05. The first-order chi connectivity index (χ1) is 7.15. The number of likely N-dealkylation sites (N-methyl/N-ethyl adjacent to an activating group) is 1. The van der Waals surface area contributed by atoms with Crippen molar-refractivity contribution in [2.45, 2.75) is 45.6 Å². The Bertz CT molecular complexity index is 206. The molecule has 1 rings (SSSR count). The van der Waals surface area contributed by atoms with E-state index in [1.165, 1.54) is 25.7 Å². The van der Waals surface area contributed by atoms with E-state index >= 15 is 0 Å². The number of hydrogen-bond donors (Lipinski definition) is 0. The maximum Gasteiger partial charge on any atom is 0.219 e. The van der Waals surface area contributed by atoms with Crippen LogP contribution in [0.5, 0.6) is 0 Å². The Balaban J connectivity index is 2.33. The van der Waals surface area contributed by atoms with Gasteiger partial charge in [0.2, 0.25) is 5.91 Å². The lowest BCUT2D eigenvalue weighted by atomic mass is 10.2. The molecular weight excluding hydrogens is 188 g/mol. The molecule has 0 radical (unpaired) electrons. The van der Waals surface area contributed by atoms with E-state index in [2.05, 4.69) is 18.9 Å². The molecule has 3 heteroatoms. The fourth-order valence-corrected chi connectivity index (χ4v) is 2.32. The van der Waals surface area contributed by atoms with Gasteiger partial charge in [0.1, 0.15) is 0 Å².